The van der Waals surface area contributed by atoms with Crippen molar-refractivity contribution >= 4 is 5.69 Å². The fourth-order valence-electron chi connectivity index (χ4n) is 3.06. The monoisotopic (exact) mass is 271 g/mol. The molecule has 0 bridgehead atoms. The van der Waals surface area contributed by atoms with Crippen LogP contribution >= 0.6 is 0 Å². The van der Waals surface area contributed by atoms with Gasteiger partial charge < -0.3 is 5.32 Å². The molecule has 0 spiro atoms. The summed E-state index contributed by atoms with van der Waals surface area (Å²) in [7, 11) is 0. The van der Waals surface area contributed by atoms with Gasteiger partial charge in [0, 0.05) is 17.8 Å². The Bertz CT molecular complexity index is 537. The van der Waals surface area contributed by atoms with E-state index in [0.717, 1.165) is 29.6 Å². The third kappa shape index (κ3) is 3.15. The minimum atomic E-state index is 0.639. The highest BCUT2D eigenvalue weighted by atomic mass is 15.5. The topological polar surface area (TPSA) is 66.5 Å². The summed E-state index contributed by atoms with van der Waals surface area (Å²) in [5.41, 5.74) is 2.12. The van der Waals surface area contributed by atoms with Crippen molar-refractivity contribution in [3.8, 4) is 11.4 Å². The molecule has 2 unspecified atom stereocenters. The number of benzene rings is 1. The van der Waals surface area contributed by atoms with Crippen LogP contribution in [-0.2, 0) is 0 Å². The quantitative estimate of drug-likeness (QED) is 0.896. The molecule has 106 valence electrons. The first-order chi connectivity index (χ1) is 9.81. The van der Waals surface area contributed by atoms with Crippen LogP contribution in [0, 0.1) is 11.8 Å². The lowest BCUT2D eigenvalue weighted by molar-refractivity contribution is 0.293. The largest absolute Gasteiger partial charge is 0.385 e. The van der Waals surface area contributed by atoms with E-state index in [1.54, 1.807) is 0 Å². The Morgan fingerprint density at radius 3 is 3.10 bits per heavy atom. The molecule has 5 heteroatoms. The number of nitrogens with zero attached hydrogens (tertiary/aromatic N) is 3. The van der Waals surface area contributed by atoms with Gasteiger partial charge in [0.1, 0.15) is 0 Å². The van der Waals surface area contributed by atoms with Crippen molar-refractivity contribution in [2.75, 3.05) is 11.9 Å². The van der Waals surface area contributed by atoms with Crippen LogP contribution in [0.4, 0.5) is 5.69 Å². The lowest BCUT2D eigenvalue weighted by Crippen LogP contribution is -2.20. The molecule has 0 aliphatic heterocycles. The molecule has 1 aliphatic carbocycles. The summed E-state index contributed by atoms with van der Waals surface area (Å²) < 4.78 is 0. The molecule has 0 amide bonds. The molecule has 2 atom stereocenters. The van der Waals surface area contributed by atoms with Crippen LogP contribution in [0.5, 0.6) is 0 Å². The molecular formula is C15H21N5. The average molecular weight is 271 g/mol. The van der Waals surface area contributed by atoms with Gasteiger partial charge in [-0.3, -0.25) is 0 Å². The van der Waals surface area contributed by atoms with E-state index in [2.05, 4.69) is 45.0 Å². The van der Waals surface area contributed by atoms with Gasteiger partial charge in [0.05, 0.1) is 0 Å². The normalized spacial score (nSPS) is 22.6. The van der Waals surface area contributed by atoms with Gasteiger partial charge in [-0.2, -0.15) is 5.21 Å². The van der Waals surface area contributed by atoms with E-state index < -0.39 is 0 Å². The fraction of sp³-hybridized carbons (Fsp3) is 0.533. The second-order valence-electron chi connectivity index (χ2n) is 5.83. The van der Waals surface area contributed by atoms with Crippen LogP contribution in [0.25, 0.3) is 11.4 Å². The minimum Gasteiger partial charge on any atom is -0.385 e. The molecule has 2 aromatic rings. The van der Waals surface area contributed by atoms with Crippen molar-refractivity contribution in [2.24, 2.45) is 11.8 Å². The molecule has 1 aromatic carbocycles. The van der Waals surface area contributed by atoms with Crippen molar-refractivity contribution in [3.63, 3.8) is 0 Å². The standard InChI is InChI=1S/C15H21N5/c1-11-4-2-5-12(8-11)10-16-14-7-3-6-13(9-14)15-17-19-20-18-15/h3,6-7,9,11-12,16H,2,4-5,8,10H2,1H3,(H,17,18,19,20). The zero-order valence-corrected chi connectivity index (χ0v) is 11.8. The average Bonchev–Trinajstić information content (AvgIpc) is 3.00. The predicted octanol–water partition coefficient (Wildman–Crippen LogP) is 3.10. The molecule has 1 heterocycles. The Kier molecular flexibility index (Phi) is 3.95. The Balaban J connectivity index is 1.61. The number of hydrogen-bond donors (Lipinski definition) is 2. The van der Waals surface area contributed by atoms with E-state index in [1.165, 1.54) is 25.7 Å². The molecule has 1 fully saturated rings. The predicted molar refractivity (Wildman–Crippen MR) is 79.2 cm³/mol. The van der Waals surface area contributed by atoms with Gasteiger partial charge in [-0.15, -0.1) is 10.2 Å². The van der Waals surface area contributed by atoms with Gasteiger partial charge in [0.2, 0.25) is 5.82 Å². The highest BCUT2D eigenvalue weighted by Gasteiger charge is 2.18. The summed E-state index contributed by atoms with van der Waals surface area (Å²) in [5.74, 6) is 2.31. The maximum absolute atomic E-state index is 4.01. The number of tetrazole rings is 1. The lowest BCUT2D eigenvalue weighted by Gasteiger charge is -2.27. The summed E-state index contributed by atoms with van der Waals surface area (Å²) in [6.45, 7) is 3.42. The first-order valence-corrected chi connectivity index (χ1v) is 7.39. The number of aromatic amines is 1. The molecule has 1 aliphatic rings. The third-order valence-corrected chi connectivity index (χ3v) is 4.11. The molecule has 1 saturated carbocycles. The maximum Gasteiger partial charge on any atom is 0.204 e. The Hall–Kier alpha value is -1.91. The number of rotatable bonds is 4. The van der Waals surface area contributed by atoms with Crippen LogP contribution in [-0.4, -0.2) is 27.2 Å². The van der Waals surface area contributed by atoms with Crippen molar-refractivity contribution < 1.29 is 0 Å². The third-order valence-electron chi connectivity index (χ3n) is 4.11. The summed E-state index contributed by atoms with van der Waals surface area (Å²) >= 11 is 0. The second kappa shape index (κ2) is 6.03. The van der Waals surface area contributed by atoms with Crippen molar-refractivity contribution in [1.29, 1.82) is 0 Å². The molecule has 0 saturated heterocycles. The molecule has 3 rings (SSSR count). The zero-order valence-electron chi connectivity index (χ0n) is 11.8. The summed E-state index contributed by atoms with van der Waals surface area (Å²) in [6, 6.07) is 8.20. The van der Waals surface area contributed by atoms with Crippen LogP contribution in [0.15, 0.2) is 24.3 Å². The maximum atomic E-state index is 4.01. The van der Waals surface area contributed by atoms with E-state index in [1.807, 2.05) is 12.1 Å². The fourth-order valence-corrected chi connectivity index (χ4v) is 3.06. The van der Waals surface area contributed by atoms with Crippen molar-refractivity contribution in [3.05, 3.63) is 24.3 Å². The second-order valence-corrected chi connectivity index (χ2v) is 5.83. The van der Waals surface area contributed by atoms with Gasteiger partial charge in [0.15, 0.2) is 0 Å². The summed E-state index contributed by atoms with van der Waals surface area (Å²) in [6.07, 6.45) is 5.46. The molecule has 0 radical (unpaired) electrons. The van der Waals surface area contributed by atoms with E-state index >= 15 is 0 Å². The Morgan fingerprint density at radius 1 is 1.35 bits per heavy atom. The van der Waals surface area contributed by atoms with E-state index in [9.17, 15) is 0 Å². The molecule has 1 aromatic heterocycles. The van der Waals surface area contributed by atoms with Gasteiger partial charge in [-0.05, 0) is 42.0 Å². The molecule has 20 heavy (non-hydrogen) atoms. The van der Waals surface area contributed by atoms with Crippen LogP contribution < -0.4 is 5.32 Å². The zero-order chi connectivity index (χ0) is 13.8. The van der Waals surface area contributed by atoms with Gasteiger partial charge in [-0.25, -0.2) is 0 Å². The first-order valence-electron chi connectivity index (χ1n) is 7.39. The Morgan fingerprint density at radius 2 is 2.30 bits per heavy atom. The molecule has 2 N–H and O–H groups in total. The smallest absolute Gasteiger partial charge is 0.204 e. The number of nitrogens with one attached hydrogen (secondary N) is 2. The lowest BCUT2D eigenvalue weighted by atomic mass is 9.82. The van der Waals surface area contributed by atoms with Gasteiger partial charge in [-0.1, -0.05) is 31.9 Å². The van der Waals surface area contributed by atoms with Crippen molar-refractivity contribution in [2.45, 2.75) is 32.6 Å². The molecule has 5 nitrogen and oxygen atoms in total. The molecular weight excluding hydrogens is 250 g/mol. The Labute approximate surface area is 119 Å². The van der Waals surface area contributed by atoms with E-state index in [4.69, 9.17) is 0 Å². The SMILES string of the molecule is CC1CCCC(CNc2cccc(-c3nn[nH]n3)c2)C1. The van der Waals surface area contributed by atoms with E-state index in [-0.39, 0.29) is 0 Å². The first kappa shape index (κ1) is 13.1. The van der Waals surface area contributed by atoms with Crippen molar-refractivity contribution in [1.82, 2.24) is 20.6 Å². The van der Waals surface area contributed by atoms with E-state index in [0.29, 0.717) is 5.82 Å². The summed E-state index contributed by atoms with van der Waals surface area (Å²) in [5, 5.41) is 17.7. The van der Waals surface area contributed by atoms with Crippen LogP contribution in [0.3, 0.4) is 0 Å². The van der Waals surface area contributed by atoms with Gasteiger partial charge >= 0.3 is 0 Å². The number of aromatic nitrogens is 4. The minimum absolute atomic E-state index is 0.639. The number of H-pyrrole nitrogens is 1. The van der Waals surface area contributed by atoms with Crippen LogP contribution in [0.2, 0.25) is 0 Å². The number of hydrogen-bond acceptors (Lipinski definition) is 4. The van der Waals surface area contributed by atoms with Crippen LogP contribution in [0.1, 0.15) is 32.6 Å². The highest BCUT2D eigenvalue weighted by molar-refractivity contribution is 5.61. The van der Waals surface area contributed by atoms with Gasteiger partial charge in [0.25, 0.3) is 0 Å². The number of anilines is 1. The highest BCUT2D eigenvalue weighted by Crippen LogP contribution is 2.29. The summed E-state index contributed by atoms with van der Waals surface area (Å²) in [4.78, 5) is 0.